The van der Waals surface area contributed by atoms with Gasteiger partial charge in [0.2, 0.25) is 11.8 Å². The summed E-state index contributed by atoms with van der Waals surface area (Å²) in [6.07, 6.45) is 1.35. The fourth-order valence-electron chi connectivity index (χ4n) is 2.15. The minimum absolute atomic E-state index is 0.172. The Labute approximate surface area is 137 Å². The third-order valence-electron chi connectivity index (χ3n) is 3.49. The van der Waals surface area contributed by atoms with Crippen LogP contribution >= 0.6 is 0 Å². The second-order valence-corrected chi connectivity index (χ2v) is 5.11. The molecule has 0 saturated heterocycles. The molecule has 0 spiro atoms. The fourth-order valence-corrected chi connectivity index (χ4v) is 2.15. The first-order valence-electron chi connectivity index (χ1n) is 7.14. The van der Waals surface area contributed by atoms with E-state index in [0.717, 1.165) is 11.1 Å². The van der Waals surface area contributed by atoms with Gasteiger partial charge in [0, 0.05) is 17.8 Å². The van der Waals surface area contributed by atoms with Gasteiger partial charge in [-0.1, -0.05) is 5.16 Å². The zero-order chi connectivity index (χ0) is 17.1. The highest BCUT2D eigenvalue weighted by atomic mass is 19.1. The Kier molecular flexibility index (Phi) is 4.24. The Morgan fingerprint density at radius 3 is 2.62 bits per heavy atom. The Morgan fingerprint density at radius 1 is 1.25 bits per heavy atom. The van der Waals surface area contributed by atoms with Crippen molar-refractivity contribution in [3.63, 3.8) is 0 Å². The molecule has 0 aliphatic rings. The van der Waals surface area contributed by atoms with Crippen molar-refractivity contribution in [2.45, 2.75) is 13.5 Å². The number of hydrogen-bond donors (Lipinski definition) is 1. The van der Waals surface area contributed by atoms with E-state index in [1.807, 2.05) is 0 Å². The number of benzene rings is 1. The summed E-state index contributed by atoms with van der Waals surface area (Å²) in [6, 6.07) is 9.04. The van der Waals surface area contributed by atoms with Gasteiger partial charge in [0.15, 0.2) is 0 Å². The van der Waals surface area contributed by atoms with Gasteiger partial charge in [-0.2, -0.15) is 0 Å². The molecule has 0 bridgehead atoms. The van der Waals surface area contributed by atoms with Gasteiger partial charge in [-0.3, -0.25) is 4.79 Å². The van der Waals surface area contributed by atoms with Crippen LogP contribution in [-0.4, -0.2) is 16.0 Å². The smallest absolute Gasteiger partial charge is 0.250 e. The first kappa shape index (κ1) is 15.7. The van der Waals surface area contributed by atoms with Crippen molar-refractivity contribution < 1.29 is 18.4 Å². The highest BCUT2D eigenvalue weighted by molar-refractivity contribution is 5.92. The second kappa shape index (κ2) is 6.49. The van der Waals surface area contributed by atoms with Crippen LogP contribution in [0.5, 0.6) is 5.88 Å². The molecular weight excluding hydrogens is 313 g/mol. The molecule has 2 aromatic heterocycles. The predicted molar refractivity (Wildman–Crippen MR) is 83.7 cm³/mol. The lowest BCUT2D eigenvalue weighted by Crippen LogP contribution is -2.11. The number of nitrogens with zero attached hydrogens (tertiary/aromatic N) is 2. The zero-order valence-electron chi connectivity index (χ0n) is 12.8. The maximum atomic E-state index is 13.1. The van der Waals surface area contributed by atoms with Gasteiger partial charge in [-0.25, -0.2) is 9.37 Å². The largest absolute Gasteiger partial charge is 0.473 e. The number of hydrogen-bond acceptors (Lipinski definition) is 5. The highest BCUT2D eigenvalue weighted by Gasteiger charge is 2.16. The number of aryl methyl sites for hydroxylation is 1. The average Bonchev–Trinajstić information content (AvgIpc) is 2.95. The molecule has 1 aromatic carbocycles. The van der Waals surface area contributed by atoms with Crippen molar-refractivity contribution in [3.8, 4) is 17.1 Å². The molecule has 0 aliphatic carbocycles. The number of aromatic nitrogens is 2. The Hall–Kier alpha value is -3.22. The molecule has 2 N–H and O–H groups in total. The van der Waals surface area contributed by atoms with Gasteiger partial charge in [-0.15, -0.1) is 0 Å². The Morgan fingerprint density at radius 2 is 2.00 bits per heavy atom. The van der Waals surface area contributed by atoms with Crippen LogP contribution in [0.15, 0.2) is 47.1 Å². The summed E-state index contributed by atoms with van der Waals surface area (Å²) >= 11 is 0. The number of ether oxygens (including phenoxy) is 1. The molecule has 3 rings (SSSR count). The monoisotopic (exact) mass is 327 g/mol. The number of carbonyl (C=O) groups is 1. The Balaban J connectivity index is 1.79. The lowest BCUT2D eigenvalue weighted by atomic mass is 10.1. The van der Waals surface area contributed by atoms with Crippen LogP contribution in [0.25, 0.3) is 11.3 Å². The number of primary amides is 1. The number of nitrogens with two attached hydrogens (primary N) is 1. The van der Waals surface area contributed by atoms with E-state index in [-0.39, 0.29) is 12.4 Å². The van der Waals surface area contributed by atoms with Crippen LogP contribution in [0, 0.1) is 12.7 Å². The molecule has 2 heterocycles. The summed E-state index contributed by atoms with van der Waals surface area (Å²) in [5, 5.41) is 4.01. The normalized spacial score (nSPS) is 10.6. The standard InChI is InChI=1S/C17H14FN3O3/c1-10-14(9-23-15-7-4-12(8-20-15)17(19)22)16(21-24-10)11-2-5-13(18)6-3-11/h2-8H,9H2,1H3,(H2,19,22). The van der Waals surface area contributed by atoms with E-state index in [1.54, 1.807) is 25.1 Å². The molecule has 0 fully saturated rings. The molecule has 0 unspecified atom stereocenters. The van der Waals surface area contributed by atoms with Gasteiger partial charge < -0.3 is 15.0 Å². The van der Waals surface area contributed by atoms with Crippen LogP contribution < -0.4 is 10.5 Å². The summed E-state index contributed by atoms with van der Waals surface area (Å²) in [5.41, 5.74) is 7.51. The number of halogens is 1. The van der Waals surface area contributed by atoms with Crippen molar-refractivity contribution in [2.24, 2.45) is 5.73 Å². The molecule has 0 atom stereocenters. The first-order chi connectivity index (χ1) is 11.5. The Bertz CT molecular complexity index is 858. The van der Waals surface area contributed by atoms with E-state index in [2.05, 4.69) is 10.1 Å². The average molecular weight is 327 g/mol. The molecule has 0 saturated carbocycles. The molecule has 122 valence electrons. The lowest BCUT2D eigenvalue weighted by molar-refractivity contribution is 0.1000. The summed E-state index contributed by atoms with van der Waals surface area (Å²) in [4.78, 5) is 15.0. The number of carbonyl (C=O) groups excluding carboxylic acids is 1. The summed E-state index contributed by atoms with van der Waals surface area (Å²) in [7, 11) is 0. The van der Waals surface area contributed by atoms with Gasteiger partial charge in [0.05, 0.1) is 11.1 Å². The van der Waals surface area contributed by atoms with E-state index in [4.69, 9.17) is 15.0 Å². The van der Waals surface area contributed by atoms with Crippen LogP contribution in [0.1, 0.15) is 21.7 Å². The predicted octanol–water partition coefficient (Wildman–Crippen LogP) is 2.86. The van der Waals surface area contributed by atoms with Crippen molar-refractivity contribution in [2.75, 3.05) is 0 Å². The summed E-state index contributed by atoms with van der Waals surface area (Å²) in [5.74, 6) is 0.0618. The van der Waals surface area contributed by atoms with Crippen LogP contribution in [0.2, 0.25) is 0 Å². The van der Waals surface area contributed by atoms with Gasteiger partial charge in [-0.05, 0) is 37.3 Å². The number of rotatable bonds is 5. The van der Waals surface area contributed by atoms with E-state index in [1.165, 1.54) is 24.4 Å². The summed E-state index contributed by atoms with van der Waals surface area (Å²) < 4.78 is 23.9. The molecular formula is C17H14FN3O3. The third kappa shape index (κ3) is 3.24. The van der Waals surface area contributed by atoms with E-state index < -0.39 is 5.91 Å². The van der Waals surface area contributed by atoms with Gasteiger partial charge in [0.25, 0.3) is 0 Å². The molecule has 0 aliphatic heterocycles. The number of amides is 1. The first-order valence-corrected chi connectivity index (χ1v) is 7.14. The maximum Gasteiger partial charge on any atom is 0.250 e. The van der Waals surface area contributed by atoms with Crippen LogP contribution in [0.3, 0.4) is 0 Å². The van der Waals surface area contributed by atoms with Gasteiger partial charge in [0.1, 0.15) is 23.9 Å². The topological polar surface area (TPSA) is 91.2 Å². The molecule has 0 radical (unpaired) electrons. The molecule has 24 heavy (non-hydrogen) atoms. The fraction of sp³-hybridized carbons (Fsp3) is 0.118. The van der Waals surface area contributed by atoms with Crippen molar-refractivity contribution in [3.05, 3.63) is 65.3 Å². The lowest BCUT2D eigenvalue weighted by Gasteiger charge is -2.06. The van der Waals surface area contributed by atoms with Crippen molar-refractivity contribution in [1.29, 1.82) is 0 Å². The van der Waals surface area contributed by atoms with E-state index >= 15 is 0 Å². The van der Waals surface area contributed by atoms with E-state index in [9.17, 15) is 9.18 Å². The van der Waals surface area contributed by atoms with Crippen LogP contribution in [0.4, 0.5) is 4.39 Å². The highest BCUT2D eigenvalue weighted by Crippen LogP contribution is 2.26. The van der Waals surface area contributed by atoms with Crippen molar-refractivity contribution in [1.82, 2.24) is 10.1 Å². The molecule has 6 nitrogen and oxygen atoms in total. The van der Waals surface area contributed by atoms with Crippen LogP contribution in [-0.2, 0) is 6.61 Å². The SMILES string of the molecule is Cc1onc(-c2ccc(F)cc2)c1COc1ccc(C(N)=O)cn1. The minimum Gasteiger partial charge on any atom is -0.473 e. The molecule has 3 aromatic rings. The maximum absolute atomic E-state index is 13.1. The van der Waals surface area contributed by atoms with E-state index in [0.29, 0.717) is 22.9 Å². The third-order valence-corrected chi connectivity index (χ3v) is 3.49. The zero-order valence-corrected chi connectivity index (χ0v) is 12.8. The molecule has 1 amide bonds. The molecule has 7 heteroatoms. The number of pyridine rings is 1. The quantitative estimate of drug-likeness (QED) is 0.778. The minimum atomic E-state index is -0.553. The second-order valence-electron chi connectivity index (χ2n) is 5.11. The summed E-state index contributed by atoms with van der Waals surface area (Å²) in [6.45, 7) is 1.94. The van der Waals surface area contributed by atoms with Crippen molar-refractivity contribution >= 4 is 5.91 Å². The van der Waals surface area contributed by atoms with Gasteiger partial charge >= 0.3 is 0 Å².